The molecule has 0 aliphatic heterocycles. The number of nitrogens with zero attached hydrogens (tertiary/aromatic N) is 3. The first-order valence-corrected chi connectivity index (χ1v) is 10.5. The molecule has 0 spiro atoms. The summed E-state index contributed by atoms with van der Waals surface area (Å²) in [5.41, 5.74) is 1.92. The molecule has 1 atom stereocenters. The summed E-state index contributed by atoms with van der Waals surface area (Å²) < 4.78 is 31.3. The quantitative estimate of drug-likeness (QED) is 0.333. The van der Waals surface area contributed by atoms with Crippen molar-refractivity contribution < 1.29 is 18.6 Å². The van der Waals surface area contributed by atoms with Crippen LogP contribution in [0.4, 0.5) is 4.39 Å². The van der Waals surface area contributed by atoms with Crippen LogP contribution in [0.15, 0.2) is 47.6 Å². The molecule has 0 saturated carbocycles. The highest BCUT2D eigenvalue weighted by molar-refractivity contribution is 7.99. The highest BCUT2D eigenvalue weighted by atomic mass is 32.2. The molecule has 2 aromatic carbocycles. The Morgan fingerprint density at radius 2 is 1.73 bits per heavy atom. The van der Waals surface area contributed by atoms with Crippen molar-refractivity contribution in [1.29, 1.82) is 0 Å². The van der Waals surface area contributed by atoms with Crippen LogP contribution in [0.3, 0.4) is 0 Å². The molecule has 0 saturated heterocycles. The number of hydrogen-bond acceptors (Lipinski definition) is 6. The fourth-order valence-electron chi connectivity index (χ4n) is 3.09. The van der Waals surface area contributed by atoms with Crippen LogP contribution >= 0.6 is 11.8 Å². The fraction of sp³-hybridized carbons (Fsp3) is 0.364. The number of ether oxygens (including phenoxy) is 3. The predicted molar refractivity (Wildman–Crippen MR) is 116 cm³/mol. The number of aromatic nitrogens is 3. The Morgan fingerprint density at radius 3 is 2.40 bits per heavy atom. The summed E-state index contributed by atoms with van der Waals surface area (Å²) in [6.07, 6.45) is 0.827. The lowest BCUT2D eigenvalue weighted by atomic mass is 10.2. The zero-order valence-electron chi connectivity index (χ0n) is 17.6. The first-order chi connectivity index (χ1) is 14.6. The Kier molecular flexibility index (Phi) is 7.70. The van der Waals surface area contributed by atoms with E-state index in [1.807, 2.05) is 18.2 Å². The van der Waals surface area contributed by atoms with Crippen LogP contribution in [0.25, 0.3) is 11.4 Å². The van der Waals surface area contributed by atoms with Crippen LogP contribution in [-0.2, 0) is 11.3 Å². The molecule has 0 fully saturated rings. The molecule has 1 aromatic heterocycles. The number of thioether (sulfide) groups is 1. The van der Waals surface area contributed by atoms with Crippen LogP contribution in [0.1, 0.15) is 24.2 Å². The summed E-state index contributed by atoms with van der Waals surface area (Å²) in [5, 5.41) is 9.78. The number of rotatable bonds is 10. The lowest BCUT2D eigenvalue weighted by molar-refractivity contribution is 0.189. The summed E-state index contributed by atoms with van der Waals surface area (Å²) in [4.78, 5) is 0. The first kappa shape index (κ1) is 22.1. The third kappa shape index (κ3) is 5.12. The molecular weight excluding hydrogens is 405 g/mol. The normalized spacial score (nSPS) is 12.0. The molecular formula is C22H26FN3O3S. The maximum atomic E-state index is 13.3. The summed E-state index contributed by atoms with van der Waals surface area (Å²) in [7, 11) is 4.90. The monoisotopic (exact) mass is 431 g/mol. The lowest BCUT2D eigenvalue weighted by Gasteiger charge is -2.14. The Hall–Kier alpha value is -2.58. The van der Waals surface area contributed by atoms with Crippen LogP contribution in [0, 0.1) is 5.82 Å². The highest BCUT2D eigenvalue weighted by Crippen LogP contribution is 2.37. The summed E-state index contributed by atoms with van der Waals surface area (Å²) in [5.74, 6) is 1.80. The van der Waals surface area contributed by atoms with Crippen molar-refractivity contribution in [2.45, 2.75) is 30.3 Å². The second kappa shape index (κ2) is 10.4. The van der Waals surface area contributed by atoms with Crippen molar-refractivity contribution in [1.82, 2.24) is 14.8 Å². The van der Waals surface area contributed by atoms with Gasteiger partial charge in [0.25, 0.3) is 0 Å². The van der Waals surface area contributed by atoms with Gasteiger partial charge in [0.05, 0.1) is 14.2 Å². The van der Waals surface area contributed by atoms with Gasteiger partial charge in [-0.25, -0.2) is 4.39 Å². The minimum Gasteiger partial charge on any atom is -0.493 e. The number of methoxy groups -OCH3 is 3. The van der Waals surface area contributed by atoms with Gasteiger partial charge in [0, 0.05) is 31.1 Å². The van der Waals surface area contributed by atoms with Crippen molar-refractivity contribution in [3.8, 4) is 22.9 Å². The molecule has 0 radical (unpaired) electrons. The molecule has 0 aliphatic carbocycles. The minimum atomic E-state index is -0.241. The standard InChI is InChI=1S/C22H26FN3O3S/c1-15(16-6-9-18(23)10-7-16)30-22-25-24-21(26(22)12-5-13-27-2)17-8-11-19(28-3)20(14-17)29-4/h6-11,14-15H,5,12-13H2,1-4H3. The molecule has 1 unspecified atom stereocenters. The van der Waals surface area contributed by atoms with Gasteiger partial charge in [0.1, 0.15) is 5.82 Å². The van der Waals surface area contributed by atoms with E-state index in [0.717, 1.165) is 28.5 Å². The van der Waals surface area contributed by atoms with Crippen LogP contribution < -0.4 is 9.47 Å². The molecule has 0 N–H and O–H groups in total. The average Bonchev–Trinajstić information content (AvgIpc) is 3.16. The smallest absolute Gasteiger partial charge is 0.192 e. The second-order valence-corrected chi connectivity index (χ2v) is 7.99. The van der Waals surface area contributed by atoms with Gasteiger partial charge >= 0.3 is 0 Å². The van der Waals surface area contributed by atoms with Crippen molar-refractivity contribution in [3.05, 3.63) is 53.8 Å². The molecule has 0 bridgehead atoms. The molecule has 0 amide bonds. The average molecular weight is 432 g/mol. The topological polar surface area (TPSA) is 58.4 Å². The molecule has 0 aliphatic rings. The Balaban J connectivity index is 1.92. The first-order valence-electron chi connectivity index (χ1n) is 9.64. The van der Waals surface area contributed by atoms with Crippen molar-refractivity contribution >= 4 is 11.8 Å². The zero-order valence-corrected chi connectivity index (χ0v) is 18.4. The highest BCUT2D eigenvalue weighted by Gasteiger charge is 2.19. The van der Waals surface area contributed by atoms with E-state index in [2.05, 4.69) is 21.7 Å². The van der Waals surface area contributed by atoms with E-state index in [0.29, 0.717) is 24.7 Å². The van der Waals surface area contributed by atoms with Gasteiger partial charge in [-0.15, -0.1) is 10.2 Å². The molecule has 160 valence electrons. The van der Waals surface area contributed by atoms with E-state index >= 15 is 0 Å². The van der Waals surface area contributed by atoms with Crippen LogP contribution in [0.2, 0.25) is 0 Å². The fourth-order valence-corrected chi connectivity index (χ4v) is 4.10. The van der Waals surface area contributed by atoms with Gasteiger partial charge in [0.2, 0.25) is 0 Å². The van der Waals surface area contributed by atoms with Crippen molar-refractivity contribution in [3.63, 3.8) is 0 Å². The molecule has 6 nitrogen and oxygen atoms in total. The Labute approximate surface area is 180 Å². The number of hydrogen-bond donors (Lipinski definition) is 0. The third-order valence-electron chi connectivity index (χ3n) is 4.71. The van der Waals surface area contributed by atoms with Crippen molar-refractivity contribution in [2.75, 3.05) is 27.9 Å². The van der Waals surface area contributed by atoms with Crippen LogP contribution in [0.5, 0.6) is 11.5 Å². The van der Waals surface area contributed by atoms with Crippen LogP contribution in [-0.4, -0.2) is 42.7 Å². The summed E-state index contributed by atoms with van der Waals surface area (Å²) in [6.45, 7) is 3.42. The SMILES string of the molecule is COCCCn1c(SC(C)c2ccc(F)cc2)nnc1-c1ccc(OC)c(OC)c1. The Morgan fingerprint density at radius 1 is 1.00 bits per heavy atom. The van der Waals surface area contributed by atoms with Gasteiger partial charge in [-0.1, -0.05) is 23.9 Å². The molecule has 1 heterocycles. The van der Waals surface area contributed by atoms with E-state index < -0.39 is 0 Å². The van der Waals surface area contributed by atoms with E-state index in [1.54, 1.807) is 45.2 Å². The largest absolute Gasteiger partial charge is 0.493 e. The second-order valence-electron chi connectivity index (χ2n) is 6.69. The van der Waals surface area contributed by atoms with E-state index in [9.17, 15) is 4.39 Å². The zero-order chi connectivity index (χ0) is 21.5. The van der Waals surface area contributed by atoms with Gasteiger partial charge < -0.3 is 18.8 Å². The molecule has 3 aromatic rings. The van der Waals surface area contributed by atoms with E-state index in [4.69, 9.17) is 14.2 Å². The predicted octanol–water partition coefficient (Wildman–Crippen LogP) is 4.99. The van der Waals surface area contributed by atoms with Gasteiger partial charge in [-0.3, -0.25) is 0 Å². The molecule has 30 heavy (non-hydrogen) atoms. The molecule has 8 heteroatoms. The molecule has 3 rings (SSSR count). The van der Waals surface area contributed by atoms with E-state index in [1.165, 1.54) is 12.1 Å². The summed E-state index contributed by atoms with van der Waals surface area (Å²) in [6, 6.07) is 12.2. The van der Waals surface area contributed by atoms with Gasteiger partial charge in [-0.05, 0) is 49.2 Å². The maximum absolute atomic E-state index is 13.3. The third-order valence-corrected chi connectivity index (χ3v) is 5.85. The van der Waals surface area contributed by atoms with Crippen molar-refractivity contribution in [2.24, 2.45) is 0 Å². The number of halogens is 1. The Bertz CT molecular complexity index is 963. The number of benzene rings is 2. The maximum Gasteiger partial charge on any atom is 0.192 e. The minimum absolute atomic E-state index is 0.0919. The van der Waals surface area contributed by atoms with Gasteiger partial charge in [0.15, 0.2) is 22.5 Å². The lowest BCUT2D eigenvalue weighted by Crippen LogP contribution is -2.06. The van der Waals surface area contributed by atoms with E-state index in [-0.39, 0.29) is 11.1 Å². The van der Waals surface area contributed by atoms with Gasteiger partial charge in [-0.2, -0.15) is 0 Å². The summed E-state index contributed by atoms with van der Waals surface area (Å²) >= 11 is 1.59.